The Morgan fingerprint density at radius 3 is 2.63 bits per heavy atom. The van der Waals surface area contributed by atoms with Gasteiger partial charge in [-0.15, -0.1) is 0 Å². The number of hydrogen-bond acceptors (Lipinski definition) is 4. The number of aromatic amines is 2. The Morgan fingerprint density at radius 1 is 1.07 bits per heavy atom. The van der Waals surface area contributed by atoms with Crippen LogP contribution in [0.4, 0.5) is 5.69 Å². The number of ether oxygens (including phenoxy) is 1. The van der Waals surface area contributed by atoms with Crippen molar-refractivity contribution in [1.29, 1.82) is 0 Å². The number of aromatic nitrogens is 2. The Labute approximate surface area is 166 Å². The van der Waals surface area contributed by atoms with E-state index in [2.05, 4.69) is 36.5 Å². The number of carbonyl (C=O) groups is 2. The van der Waals surface area contributed by atoms with Gasteiger partial charge in [0.25, 0.3) is 5.91 Å². The summed E-state index contributed by atoms with van der Waals surface area (Å²) < 4.78 is 6.12. The number of halogens is 2. The van der Waals surface area contributed by atoms with Gasteiger partial charge in [-0.25, -0.2) is 4.79 Å². The van der Waals surface area contributed by atoms with E-state index in [0.29, 0.717) is 27.5 Å². The van der Waals surface area contributed by atoms with Crippen LogP contribution in [0, 0.1) is 0 Å². The Kier molecular flexibility index (Phi) is 5.82. The van der Waals surface area contributed by atoms with Crippen LogP contribution in [0.1, 0.15) is 0 Å². The van der Waals surface area contributed by atoms with E-state index in [4.69, 9.17) is 16.3 Å². The molecule has 10 heteroatoms. The summed E-state index contributed by atoms with van der Waals surface area (Å²) >= 11 is 9.27. The molecule has 0 fully saturated rings. The minimum atomic E-state index is -0.463. The van der Waals surface area contributed by atoms with Crippen LogP contribution in [0.2, 0.25) is 5.02 Å². The van der Waals surface area contributed by atoms with Crippen molar-refractivity contribution in [2.75, 3.05) is 18.5 Å². The van der Waals surface area contributed by atoms with Crippen LogP contribution in [-0.4, -0.2) is 34.9 Å². The summed E-state index contributed by atoms with van der Waals surface area (Å²) in [7, 11) is 0. The lowest BCUT2D eigenvalue weighted by Gasteiger charge is -2.09. The summed E-state index contributed by atoms with van der Waals surface area (Å²) in [5.74, 6) is -0.509. The number of imidazole rings is 1. The highest BCUT2D eigenvalue weighted by molar-refractivity contribution is 9.10. The van der Waals surface area contributed by atoms with Gasteiger partial charge in [0.1, 0.15) is 5.75 Å². The zero-order valence-corrected chi connectivity index (χ0v) is 16.1. The van der Waals surface area contributed by atoms with Gasteiger partial charge in [-0.05, 0) is 36.4 Å². The van der Waals surface area contributed by atoms with E-state index in [0.717, 1.165) is 4.47 Å². The lowest BCUT2D eigenvalue weighted by atomic mass is 10.2. The van der Waals surface area contributed by atoms with Gasteiger partial charge in [0, 0.05) is 10.2 Å². The molecule has 0 atom stereocenters. The molecule has 0 saturated heterocycles. The summed E-state index contributed by atoms with van der Waals surface area (Å²) in [5.41, 5.74) is 1.37. The number of anilines is 1. The molecule has 0 unspecified atom stereocenters. The minimum Gasteiger partial charge on any atom is -0.482 e. The topological polar surface area (TPSA) is 116 Å². The standard InChI is InChI=1S/C17H14BrClN4O4/c18-9-1-4-14(11(19)5-9)27-8-16(25)20-7-15(24)21-10-2-3-12-13(6-10)23-17(26)22-12/h1-6H,7-8H2,(H,20,25)(H,21,24)(H2,22,23,26). The van der Waals surface area contributed by atoms with E-state index < -0.39 is 11.8 Å². The van der Waals surface area contributed by atoms with Gasteiger partial charge in [-0.1, -0.05) is 27.5 Å². The number of hydrogen-bond donors (Lipinski definition) is 4. The van der Waals surface area contributed by atoms with E-state index in [9.17, 15) is 14.4 Å². The van der Waals surface area contributed by atoms with Crippen molar-refractivity contribution in [3.8, 4) is 5.75 Å². The van der Waals surface area contributed by atoms with Gasteiger partial charge in [-0.3, -0.25) is 9.59 Å². The lowest BCUT2D eigenvalue weighted by Crippen LogP contribution is -2.35. The third-order valence-electron chi connectivity index (χ3n) is 3.50. The summed E-state index contributed by atoms with van der Waals surface area (Å²) in [4.78, 5) is 40.2. The number of rotatable bonds is 6. The van der Waals surface area contributed by atoms with Crippen LogP contribution in [0.25, 0.3) is 11.0 Å². The Bertz CT molecular complexity index is 1060. The average molecular weight is 454 g/mol. The van der Waals surface area contributed by atoms with Gasteiger partial charge in [-0.2, -0.15) is 0 Å². The molecule has 1 aromatic heterocycles. The molecule has 8 nitrogen and oxygen atoms in total. The third-order valence-corrected chi connectivity index (χ3v) is 4.29. The van der Waals surface area contributed by atoms with Gasteiger partial charge in [0.05, 0.1) is 22.6 Å². The highest BCUT2D eigenvalue weighted by atomic mass is 79.9. The largest absolute Gasteiger partial charge is 0.482 e. The predicted molar refractivity (Wildman–Crippen MR) is 105 cm³/mol. The summed E-state index contributed by atoms with van der Waals surface area (Å²) in [6.07, 6.45) is 0. The highest BCUT2D eigenvalue weighted by Gasteiger charge is 2.09. The number of H-pyrrole nitrogens is 2. The van der Waals surface area contributed by atoms with Crippen LogP contribution < -0.4 is 21.1 Å². The number of nitrogens with one attached hydrogen (secondary N) is 4. The molecule has 0 saturated carbocycles. The van der Waals surface area contributed by atoms with E-state index in [-0.39, 0.29) is 18.8 Å². The van der Waals surface area contributed by atoms with Crippen molar-refractivity contribution in [1.82, 2.24) is 15.3 Å². The minimum absolute atomic E-state index is 0.224. The molecule has 2 aromatic carbocycles. The maximum absolute atomic E-state index is 12.0. The van der Waals surface area contributed by atoms with E-state index in [1.807, 2.05) is 0 Å². The molecule has 4 N–H and O–H groups in total. The number of fused-ring (bicyclic) bond motifs is 1. The fourth-order valence-corrected chi connectivity index (χ4v) is 3.01. The molecule has 27 heavy (non-hydrogen) atoms. The second-order valence-corrected chi connectivity index (χ2v) is 6.85. The molecule has 0 spiro atoms. The van der Waals surface area contributed by atoms with Gasteiger partial charge >= 0.3 is 5.69 Å². The van der Waals surface area contributed by atoms with Crippen molar-refractivity contribution in [3.63, 3.8) is 0 Å². The zero-order chi connectivity index (χ0) is 19.4. The van der Waals surface area contributed by atoms with Crippen molar-refractivity contribution < 1.29 is 14.3 Å². The first-order valence-electron chi connectivity index (χ1n) is 7.77. The van der Waals surface area contributed by atoms with Crippen molar-refractivity contribution in [2.24, 2.45) is 0 Å². The Morgan fingerprint density at radius 2 is 1.85 bits per heavy atom. The number of carbonyl (C=O) groups excluding carboxylic acids is 2. The van der Waals surface area contributed by atoms with Crippen LogP contribution in [0.5, 0.6) is 5.75 Å². The first kappa shape index (κ1) is 19.0. The first-order valence-corrected chi connectivity index (χ1v) is 8.94. The van der Waals surface area contributed by atoms with Crippen molar-refractivity contribution in [2.45, 2.75) is 0 Å². The quantitative estimate of drug-likeness (QED) is 0.458. The molecule has 0 radical (unpaired) electrons. The van der Waals surface area contributed by atoms with Gasteiger partial charge < -0.3 is 25.3 Å². The molecule has 1 heterocycles. The molecule has 3 aromatic rings. The highest BCUT2D eigenvalue weighted by Crippen LogP contribution is 2.27. The van der Waals surface area contributed by atoms with Gasteiger partial charge in [0.15, 0.2) is 6.61 Å². The molecular formula is C17H14BrClN4O4. The monoisotopic (exact) mass is 452 g/mol. The molecular weight excluding hydrogens is 440 g/mol. The first-order chi connectivity index (χ1) is 12.9. The number of benzene rings is 2. The maximum atomic E-state index is 12.0. The molecule has 0 bridgehead atoms. The summed E-state index contributed by atoms with van der Waals surface area (Å²) in [6.45, 7) is -0.497. The maximum Gasteiger partial charge on any atom is 0.323 e. The molecule has 0 aliphatic heterocycles. The second-order valence-electron chi connectivity index (χ2n) is 5.53. The van der Waals surface area contributed by atoms with Crippen LogP contribution >= 0.6 is 27.5 Å². The van der Waals surface area contributed by atoms with Crippen molar-refractivity contribution >= 4 is 56.1 Å². The fraction of sp³-hybridized carbons (Fsp3) is 0.118. The van der Waals surface area contributed by atoms with Crippen LogP contribution in [0.15, 0.2) is 45.7 Å². The third kappa shape index (κ3) is 5.11. The lowest BCUT2D eigenvalue weighted by molar-refractivity contribution is -0.125. The molecule has 0 aliphatic carbocycles. The van der Waals surface area contributed by atoms with E-state index in [1.54, 1.807) is 36.4 Å². The van der Waals surface area contributed by atoms with E-state index in [1.165, 1.54) is 0 Å². The van der Waals surface area contributed by atoms with Gasteiger partial charge in [0.2, 0.25) is 5.91 Å². The molecule has 3 rings (SSSR count). The SMILES string of the molecule is O=C(COc1ccc(Br)cc1Cl)NCC(=O)Nc1ccc2[nH]c(=O)[nH]c2c1. The van der Waals surface area contributed by atoms with E-state index >= 15 is 0 Å². The fourth-order valence-electron chi connectivity index (χ4n) is 2.28. The molecule has 2 amide bonds. The molecule has 0 aliphatic rings. The normalized spacial score (nSPS) is 10.6. The summed E-state index contributed by atoms with van der Waals surface area (Å²) in [6, 6.07) is 9.94. The summed E-state index contributed by atoms with van der Waals surface area (Å²) in [5, 5.41) is 5.45. The second kappa shape index (κ2) is 8.28. The Hall–Kier alpha value is -2.78. The van der Waals surface area contributed by atoms with Crippen LogP contribution in [0.3, 0.4) is 0 Å². The molecule has 140 valence electrons. The van der Waals surface area contributed by atoms with Crippen LogP contribution in [-0.2, 0) is 9.59 Å². The predicted octanol–water partition coefficient (Wildman–Crippen LogP) is 2.41. The Balaban J connectivity index is 1.47. The smallest absolute Gasteiger partial charge is 0.323 e. The van der Waals surface area contributed by atoms with Crippen molar-refractivity contribution in [3.05, 3.63) is 56.4 Å². The average Bonchev–Trinajstić information content (AvgIpc) is 2.98. The number of amides is 2. The zero-order valence-electron chi connectivity index (χ0n) is 13.8.